The highest BCUT2D eigenvalue weighted by Gasteiger charge is 2.30. The van der Waals surface area contributed by atoms with Gasteiger partial charge in [-0.05, 0) is 22.3 Å². The molecule has 1 heterocycles. The van der Waals surface area contributed by atoms with Crippen LogP contribution >= 0.6 is 0 Å². The van der Waals surface area contributed by atoms with Gasteiger partial charge < -0.3 is 0 Å². The van der Waals surface area contributed by atoms with Gasteiger partial charge in [0, 0.05) is 0 Å². The van der Waals surface area contributed by atoms with Gasteiger partial charge in [0.1, 0.15) is 12.1 Å². The maximum absolute atomic E-state index is 5.32. The number of benzene rings is 4. The van der Waals surface area contributed by atoms with Crippen LogP contribution < -0.4 is 0 Å². The standard InChI is InChI=1S/C28H22N2/c1-5-13-21(14-6-1)25-26(22-15-7-2-8-16-22)30-28(24-19-11-4-12-20-24)27(29-25)23-17-9-3-10-18-23/h1-20,25,28H. The molecule has 2 atom stereocenters. The van der Waals surface area contributed by atoms with Gasteiger partial charge in [-0.2, -0.15) is 0 Å². The van der Waals surface area contributed by atoms with Crippen molar-refractivity contribution in [1.82, 2.24) is 0 Å². The summed E-state index contributed by atoms with van der Waals surface area (Å²) in [5, 5.41) is 0. The Morgan fingerprint density at radius 1 is 0.367 bits per heavy atom. The Balaban J connectivity index is 1.72. The van der Waals surface area contributed by atoms with Crippen LogP contribution in [0.5, 0.6) is 0 Å². The molecule has 0 saturated heterocycles. The molecule has 2 nitrogen and oxygen atoms in total. The highest BCUT2D eigenvalue weighted by Crippen LogP contribution is 2.35. The van der Waals surface area contributed by atoms with Crippen molar-refractivity contribution in [2.75, 3.05) is 0 Å². The first-order chi connectivity index (χ1) is 14.9. The van der Waals surface area contributed by atoms with Crippen molar-refractivity contribution in [3.05, 3.63) is 144 Å². The summed E-state index contributed by atoms with van der Waals surface area (Å²) in [5.41, 5.74) is 6.55. The normalized spacial score (nSPS) is 18.4. The van der Waals surface area contributed by atoms with Crippen molar-refractivity contribution in [2.24, 2.45) is 9.98 Å². The van der Waals surface area contributed by atoms with Crippen LogP contribution in [0.4, 0.5) is 0 Å². The predicted molar refractivity (Wildman–Crippen MR) is 124 cm³/mol. The van der Waals surface area contributed by atoms with E-state index in [-0.39, 0.29) is 12.1 Å². The summed E-state index contributed by atoms with van der Waals surface area (Å²) in [6.45, 7) is 0. The zero-order chi connectivity index (χ0) is 20.2. The van der Waals surface area contributed by atoms with E-state index in [2.05, 4.69) is 97.1 Å². The Bertz CT molecular complexity index is 1070. The Morgan fingerprint density at radius 2 is 0.667 bits per heavy atom. The lowest BCUT2D eigenvalue weighted by molar-refractivity contribution is 0.843. The third kappa shape index (κ3) is 3.60. The first-order valence-electron chi connectivity index (χ1n) is 10.3. The molecule has 30 heavy (non-hydrogen) atoms. The minimum absolute atomic E-state index is 0.135. The molecule has 1 aliphatic rings. The second-order valence-corrected chi connectivity index (χ2v) is 7.39. The van der Waals surface area contributed by atoms with Crippen molar-refractivity contribution in [2.45, 2.75) is 12.1 Å². The number of nitrogens with zero attached hydrogens (tertiary/aromatic N) is 2. The highest BCUT2D eigenvalue weighted by molar-refractivity contribution is 6.14. The molecule has 0 aliphatic carbocycles. The van der Waals surface area contributed by atoms with Gasteiger partial charge in [0.2, 0.25) is 0 Å². The molecule has 5 rings (SSSR count). The van der Waals surface area contributed by atoms with E-state index in [4.69, 9.17) is 9.98 Å². The Kier molecular flexibility index (Phi) is 5.05. The number of aliphatic imine (C=N–C) groups is 2. The zero-order valence-electron chi connectivity index (χ0n) is 16.6. The maximum atomic E-state index is 5.32. The smallest absolute Gasteiger partial charge is 0.118 e. The number of rotatable bonds is 4. The lowest BCUT2D eigenvalue weighted by Crippen LogP contribution is -2.25. The number of hydrogen-bond acceptors (Lipinski definition) is 2. The lowest BCUT2D eigenvalue weighted by Gasteiger charge is -2.28. The fourth-order valence-corrected chi connectivity index (χ4v) is 3.96. The van der Waals surface area contributed by atoms with Gasteiger partial charge in [-0.3, -0.25) is 9.98 Å². The Hall–Kier alpha value is -3.78. The van der Waals surface area contributed by atoms with Crippen LogP contribution in [0, 0.1) is 0 Å². The van der Waals surface area contributed by atoms with Gasteiger partial charge in [-0.15, -0.1) is 0 Å². The average molecular weight is 386 g/mol. The van der Waals surface area contributed by atoms with Crippen LogP contribution in [0.15, 0.2) is 131 Å². The van der Waals surface area contributed by atoms with Crippen LogP contribution in [-0.4, -0.2) is 11.4 Å². The summed E-state index contributed by atoms with van der Waals surface area (Å²) < 4.78 is 0. The first-order valence-corrected chi connectivity index (χ1v) is 10.3. The Morgan fingerprint density at radius 3 is 1.00 bits per heavy atom. The van der Waals surface area contributed by atoms with E-state index in [9.17, 15) is 0 Å². The maximum Gasteiger partial charge on any atom is 0.118 e. The van der Waals surface area contributed by atoms with E-state index >= 15 is 0 Å². The third-order valence-corrected chi connectivity index (χ3v) is 5.42. The summed E-state index contributed by atoms with van der Waals surface area (Å²) in [7, 11) is 0. The first kappa shape index (κ1) is 18.3. The molecule has 0 fully saturated rings. The molecule has 1 aliphatic heterocycles. The van der Waals surface area contributed by atoms with Crippen LogP contribution in [0.3, 0.4) is 0 Å². The summed E-state index contributed by atoms with van der Waals surface area (Å²) in [6.07, 6.45) is 0. The van der Waals surface area contributed by atoms with E-state index < -0.39 is 0 Å². The van der Waals surface area contributed by atoms with E-state index in [0.717, 1.165) is 33.7 Å². The molecule has 0 amide bonds. The molecule has 144 valence electrons. The molecule has 2 heteroatoms. The quantitative estimate of drug-likeness (QED) is 0.384. The van der Waals surface area contributed by atoms with E-state index in [1.54, 1.807) is 0 Å². The van der Waals surface area contributed by atoms with Gasteiger partial charge in [-0.25, -0.2) is 0 Å². The predicted octanol–water partition coefficient (Wildman–Crippen LogP) is 6.46. The molecule has 0 N–H and O–H groups in total. The SMILES string of the molecule is c1ccc(C2=NC(c3ccccc3)C(c3ccccc3)=NC2c2ccccc2)cc1. The zero-order valence-corrected chi connectivity index (χ0v) is 16.6. The lowest BCUT2D eigenvalue weighted by atomic mass is 9.90. The highest BCUT2D eigenvalue weighted by atomic mass is 15.0. The van der Waals surface area contributed by atoms with Crippen molar-refractivity contribution in [3.8, 4) is 0 Å². The second kappa shape index (κ2) is 8.30. The summed E-state index contributed by atoms with van der Waals surface area (Å²) in [4.78, 5) is 10.6. The van der Waals surface area contributed by atoms with Crippen molar-refractivity contribution >= 4 is 11.4 Å². The molecule has 4 aromatic carbocycles. The van der Waals surface area contributed by atoms with Crippen LogP contribution in [0.1, 0.15) is 34.3 Å². The summed E-state index contributed by atoms with van der Waals surface area (Å²) in [6, 6.07) is 41.5. The third-order valence-electron chi connectivity index (χ3n) is 5.42. The van der Waals surface area contributed by atoms with Crippen LogP contribution in [0.25, 0.3) is 0 Å². The van der Waals surface area contributed by atoms with Crippen molar-refractivity contribution < 1.29 is 0 Å². The minimum atomic E-state index is -0.135. The molecular weight excluding hydrogens is 364 g/mol. The molecule has 0 spiro atoms. The summed E-state index contributed by atoms with van der Waals surface area (Å²) in [5.74, 6) is 0. The van der Waals surface area contributed by atoms with E-state index in [1.165, 1.54) is 0 Å². The number of hydrogen-bond donors (Lipinski definition) is 0. The minimum Gasteiger partial charge on any atom is -0.272 e. The molecule has 0 radical (unpaired) electrons. The van der Waals surface area contributed by atoms with Crippen LogP contribution in [0.2, 0.25) is 0 Å². The Labute approximate surface area is 177 Å². The second-order valence-electron chi connectivity index (χ2n) is 7.39. The van der Waals surface area contributed by atoms with E-state index in [1.807, 2.05) is 24.3 Å². The molecule has 2 unspecified atom stereocenters. The van der Waals surface area contributed by atoms with Gasteiger partial charge in [0.15, 0.2) is 0 Å². The average Bonchev–Trinajstić information content (AvgIpc) is 2.85. The van der Waals surface area contributed by atoms with Crippen LogP contribution in [-0.2, 0) is 0 Å². The van der Waals surface area contributed by atoms with Gasteiger partial charge in [-0.1, -0.05) is 121 Å². The molecule has 4 aromatic rings. The van der Waals surface area contributed by atoms with Crippen molar-refractivity contribution in [3.63, 3.8) is 0 Å². The van der Waals surface area contributed by atoms with Crippen molar-refractivity contribution in [1.29, 1.82) is 0 Å². The van der Waals surface area contributed by atoms with E-state index in [0.29, 0.717) is 0 Å². The van der Waals surface area contributed by atoms with Gasteiger partial charge in [0.25, 0.3) is 0 Å². The molecular formula is C28H22N2. The monoisotopic (exact) mass is 386 g/mol. The largest absolute Gasteiger partial charge is 0.272 e. The van der Waals surface area contributed by atoms with Gasteiger partial charge >= 0.3 is 0 Å². The van der Waals surface area contributed by atoms with Gasteiger partial charge in [0.05, 0.1) is 11.4 Å². The molecule has 0 bridgehead atoms. The topological polar surface area (TPSA) is 24.7 Å². The molecule has 0 saturated carbocycles. The fourth-order valence-electron chi connectivity index (χ4n) is 3.96. The summed E-state index contributed by atoms with van der Waals surface area (Å²) >= 11 is 0. The fraction of sp³-hybridized carbons (Fsp3) is 0.0714. The molecule has 0 aromatic heterocycles.